The summed E-state index contributed by atoms with van der Waals surface area (Å²) in [5, 5.41) is 24.0. The molecular weight excluding hydrogens is 354 g/mol. The van der Waals surface area contributed by atoms with Gasteiger partial charge in [0.1, 0.15) is 0 Å². The number of fused-ring (bicyclic) bond motifs is 2. The number of likely N-dealkylation sites (tertiary alicyclic amines) is 1. The van der Waals surface area contributed by atoms with E-state index in [2.05, 4.69) is 18.7 Å². The minimum absolute atomic E-state index is 0.0580. The second kappa shape index (κ2) is 5.53. The van der Waals surface area contributed by atoms with Gasteiger partial charge in [-0.2, -0.15) is 0 Å². The molecule has 5 nitrogen and oxygen atoms in total. The van der Waals surface area contributed by atoms with Crippen LogP contribution in [0.25, 0.3) is 0 Å². The molecule has 0 aromatic rings. The molecule has 6 fully saturated rings. The molecule has 5 aliphatic carbocycles. The first-order chi connectivity index (χ1) is 13.4. The van der Waals surface area contributed by atoms with Crippen molar-refractivity contribution in [1.82, 2.24) is 4.90 Å². The highest BCUT2D eigenvalue weighted by Gasteiger charge is 2.83. The lowest BCUT2D eigenvalue weighted by Gasteiger charge is -2.68. The zero-order valence-electron chi connectivity index (χ0n) is 17.8. The topological polar surface area (TPSA) is 62.2 Å². The number of methoxy groups -OCH3 is 2. The van der Waals surface area contributed by atoms with Crippen molar-refractivity contribution in [2.24, 2.45) is 40.4 Å². The van der Waals surface area contributed by atoms with Gasteiger partial charge in [-0.05, 0) is 49.5 Å². The number of hydrogen-bond donors (Lipinski definition) is 2. The molecule has 1 saturated heterocycles. The Kier molecular flexibility index (Phi) is 3.67. The fourth-order valence-corrected chi connectivity index (χ4v) is 10.4. The van der Waals surface area contributed by atoms with Crippen LogP contribution < -0.4 is 0 Å². The maximum Gasteiger partial charge on any atom is 0.0771 e. The summed E-state index contributed by atoms with van der Waals surface area (Å²) in [4.78, 5) is 2.65. The Bertz CT molecular complexity index is 688. The normalized spacial score (nSPS) is 64.3. The van der Waals surface area contributed by atoms with Crippen molar-refractivity contribution in [3.05, 3.63) is 0 Å². The monoisotopic (exact) mass is 391 g/mol. The molecular formula is C23H37NO4. The first-order valence-electron chi connectivity index (χ1n) is 11.6. The first-order valence-corrected chi connectivity index (χ1v) is 11.6. The quantitative estimate of drug-likeness (QED) is 0.770. The highest BCUT2D eigenvalue weighted by atomic mass is 16.5. The van der Waals surface area contributed by atoms with Gasteiger partial charge in [0.2, 0.25) is 0 Å². The standard InChI is InChI=1S/C23H37NO4/c1-5-24-11-21(2)7-6-17(25)23-13-8-12-15(27-3)10-22(26,18(13)19(12)28-4)14(20(23)24)9-16(21)23/h12-20,25-26H,5-11H2,1-4H3/t12-,13-,14+,15+,16-,17?,18-,19+,20-,21+,22+,23-/m1/s1. The van der Waals surface area contributed by atoms with Crippen molar-refractivity contribution >= 4 is 0 Å². The lowest BCUT2D eigenvalue weighted by molar-refractivity contribution is -0.268. The zero-order chi connectivity index (χ0) is 19.6. The summed E-state index contributed by atoms with van der Waals surface area (Å²) in [6, 6.07) is 0.309. The summed E-state index contributed by atoms with van der Waals surface area (Å²) >= 11 is 0. The van der Waals surface area contributed by atoms with E-state index in [9.17, 15) is 10.2 Å². The molecule has 1 unspecified atom stereocenters. The van der Waals surface area contributed by atoms with E-state index < -0.39 is 5.60 Å². The van der Waals surface area contributed by atoms with Crippen LogP contribution in [0.3, 0.4) is 0 Å². The van der Waals surface area contributed by atoms with Gasteiger partial charge < -0.3 is 19.7 Å². The summed E-state index contributed by atoms with van der Waals surface area (Å²) < 4.78 is 12.0. The second-order valence-corrected chi connectivity index (χ2v) is 11.3. The average Bonchev–Trinajstić information content (AvgIpc) is 3.16. The molecule has 6 aliphatic rings. The molecule has 0 aromatic carbocycles. The van der Waals surface area contributed by atoms with Gasteiger partial charge >= 0.3 is 0 Å². The van der Waals surface area contributed by atoms with Crippen LogP contribution in [0.1, 0.15) is 46.0 Å². The third-order valence-electron chi connectivity index (χ3n) is 10.9. The van der Waals surface area contributed by atoms with Gasteiger partial charge in [-0.3, -0.25) is 4.90 Å². The fraction of sp³-hybridized carbons (Fsp3) is 1.00. The van der Waals surface area contributed by atoms with Gasteiger partial charge in [-0.25, -0.2) is 0 Å². The van der Waals surface area contributed by atoms with Crippen LogP contribution in [0.5, 0.6) is 0 Å². The Hall–Kier alpha value is -0.200. The van der Waals surface area contributed by atoms with Crippen molar-refractivity contribution < 1.29 is 19.7 Å². The number of aliphatic hydroxyl groups is 2. The van der Waals surface area contributed by atoms with Crippen molar-refractivity contribution in [2.45, 2.75) is 75.9 Å². The van der Waals surface area contributed by atoms with Gasteiger partial charge in [0.05, 0.1) is 23.9 Å². The molecule has 1 heterocycles. The van der Waals surface area contributed by atoms with E-state index in [0.717, 1.165) is 45.2 Å². The van der Waals surface area contributed by atoms with Crippen LogP contribution in [-0.4, -0.2) is 72.4 Å². The van der Waals surface area contributed by atoms with E-state index in [1.807, 2.05) is 7.11 Å². The van der Waals surface area contributed by atoms with Crippen LogP contribution in [0.4, 0.5) is 0 Å². The van der Waals surface area contributed by atoms with Crippen molar-refractivity contribution in [3.8, 4) is 0 Å². The third kappa shape index (κ3) is 1.73. The summed E-state index contributed by atoms with van der Waals surface area (Å²) in [6.07, 6.45) is 4.75. The molecule has 5 saturated carbocycles. The second-order valence-electron chi connectivity index (χ2n) is 11.3. The molecule has 0 aromatic heterocycles. The minimum Gasteiger partial charge on any atom is -0.392 e. The summed E-state index contributed by atoms with van der Waals surface area (Å²) in [5.41, 5.74) is -0.543. The molecule has 28 heavy (non-hydrogen) atoms. The number of ether oxygens (including phenoxy) is 2. The Morgan fingerprint density at radius 3 is 2.61 bits per heavy atom. The molecule has 5 heteroatoms. The Morgan fingerprint density at radius 2 is 1.93 bits per heavy atom. The fourth-order valence-electron chi connectivity index (χ4n) is 10.4. The number of piperidine rings is 1. The molecule has 0 amide bonds. The summed E-state index contributed by atoms with van der Waals surface area (Å²) in [6.45, 7) is 6.88. The Morgan fingerprint density at radius 1 is 1.14 bits per heavy atom. The third-order valence-corrected chi connectivity index (χ3v) is 10.9. The minimum atomic E-state index is -0.731. The van der Waals surface area contributed by atoms with Gasteiger partial charge in [-0.15, -0.1) is 0 Å². The number of aliphatic hydroxyl groups excluding tert-OH is 1. The number of rotatable bonds is 3. The largest absolute Gasteiger partial charge is 0.392 e. The van der Waals surface area contributed by atoms with Crippen molar-refractivity contribution in [2.75, 3.05) is 27.3 Å². The van der Waals surface area contributed by atoms with Crippen LogP contribution in [-0.2, 0) is 9.47 Å². The summed E-state index contributed by atoms with van der Waals surface area (Å²) in [7, 11) is 3.61. The molecule has 158 valence electrons. The average molecular weight is 392 g/mol. The van der Waals surface area contributed by atoms with E-state index in [0.29, 0.717) is 23.8 Å². The van der Waals surface area contributed by atoms with E-state index in [4.69, 9.17) is 9.47 Å². The van der Waals surface area contributed by atoms with Gasteiger partial charge in [0.15, 0.2) is 0 Å². The van der Waals surface area contributed by atoms with E-state index in [1.54, 1.807) is 7.11 Å². The molecule has 1 spiro atoms. The van der Waals surface area contributed by atoms with E-state index in [1.165, 1.54) is 0 Å². The van der Waals surface area contributed by atoms with Crippen LogP contribution in [0, 0.1) is 40.4 Å². The molecule has 12 atom stereocenters. The van der Waals surface area contributed by atoms with Crippen LogP contribution >= 0.6 is 0 Å². The van der Waals surface area contributed by atoms with Gasteiger partial charge in [0, 0.05) is 56.4 Å². The van der Waals surface area contributed by atoms with Gasteiger partial charge in [-0.1, -0.05) is 13.8 Å². The Labute approximate surface area is 168 Å². The first kappa shape index (κ1) is 18.6. The molecule has 7 bridgehead atoms. The van der Waals surface area contributed by atoms with Crippen molar-refractivity contribution in [3.63, 3.8) is 0 Å². The Balaban J connectivity index is 1.59. The predicted molar refractivity (Wildman–Crippen MR) is 105 cm³/mol. The highest BCUT2D eigenvalue weighted by molar-refractivity contribution is 5.32. The smallest absolute Gasteiger partial charge is 0.0771 e. The molecule has 6 rings (SSSR count). The van der Waals surface area contributed by atoms with Gasteiger partial charge in [0.25, 0.3) is 0 Å². The van der Waals surface area contributed by atoms with Crippen molar-refractivity contribution in [1.29, 1.82) is 0 Å². The number of hydrogen-bond acceptors (Lipinski definition) is 5. The zero-order valence-corrected chi connectivity index (χ0v) is 17.8. The molecule has 2 N–H and O–H groups in total. The lowest BCUT2D eigenvalue weighted by atomic mass is 9.43. The van der Waals surface area contributed by atoms with E-state index in [-0.39, 0.29) is 41.0 Å². The summed E-state index contributed by atoms with van der Waals surface area (Å²) in [5.74, 6) is 1.58. The number of nitrogens with zero attached hydrogens (tertiary/aromatic N) is 1. The highest BCUT2D eigenvalue weighted by Crippen LogP contribution is 2.78. The van der Waals surface area contributed by atoms with Crippen LogP contribution in [0.15, 0.2) is 0 Å². The van der Waals surface area contributed by atoms with Crippen LogP contribution in [0.2, 0.25) is 0 Å². The molecule has 1 aliphatic heterocycles. The maximum atomic E-state index is 12.4. The van der Waals surface area contributed by atoms with E-state index >= 15 is 0 Å². The maximum absolute atomic E-state index is 12.4. The SMILES string of the molecule is CCN1C[C@]2(C)CCC(O)[C@@]34[C@@H]5C[C@H]6[C@H](OC)[C@@H]5[C@](O)(C[C@@H]6OC)[C@@H](C[C@H]23)[C@@H]14. The lowest BCUT2D eigenvalue weighted by Crippen LogP contribution is -2.75. The predicted octanol–water partition coefficient (Wildman–Crippen LogP) is 1.90. The molecule has 0 radical (unpaired) electrons.